The number of carboxylic acids is 1. The van der Waals surface area contributed by atoms with Gasteiger partial charge in [0, 0.05) is 18.6 Å². The lowest BCUT2D eigenvalue weighted by Crippen LogP contribution is -2.24. The maximum Gasteiger partial charge on any atom is 0.358 e. The Balaban J connectivity index is 2.33. The van der Waals surface area contributed by atoms with Crippen LogP contribution in [0.2, 0.25) is 0 Å². The normalized spacial score (nSPS) is 9.89. The lowest BCUT2D eigenvalue weighted by Gasteiger charge is -2.05. The van der Waals surface area contributed by atoms with Crippen molar-refractivity contribution in [2.45, 2.75) is 0 Å². The molecule has 1 amide bonds. The first-order valence-electron chi connectivity index (χ1n) is 5.13. The second kappa shape index (κ2) is 5.08. The number of carbonyl (C=O) groups is 2. The van der Waals surface area contributed by atoms with Gasteiger partial charge in [0.05, 0.1) is 0 Å². The van der Waals surface area contributed by atoms with Crippen LogP contribution in [0.1, 0.15) is 20.8 Å². The van der Waals surface area contributed by atoms with Crippen LogP contribution in [0.4, 0.5) is 5.82 Å². The van der Waals surface area contributed by atoms with Crippen molar-refractivity contribution in [3.05, 3.63) is 52.3 Å². The molecule has 8 nitrogen and oxygen atoms in total. The van der Waals surface area contributed by atoms with E-state index >= 15 is 0 Å². The van der Waals surface area contributed by atoms with E-state index in [1.807, 2.05) is 0 Å². The van der Waals surface area contributed by atoms with E-state index in [4.69, 9.17) is 5.11 Å². The summed E-state index contributed by atoms with van der Waals surface area (Å²) in [6.07, 6.45) is 3.80. The lowest BCUT2D eigenvalue weighted by molar-refractivity contribution is 0.0691. The van der Waals surface area contributed by atoms with Crippen LogP contribution >= 0.6 is 0 Å². The summed E-state index contributed by atoms with van der Waals surface area (Å²) in [5.41, 5.74) is -1.13. The molecule has 96 valence electrons. The maximum absolute atomic E-state index is 11.8. The minimum Gasteiger partial charge on any atom is -0.476 e. The highest BCUT2D eigenvalue weighted by Crippen LogP contribution is 2.09. The molecule has 0 spiro atoms. The largest absolute Gasteiger partial charge is 0.476 e. The predicted octanol–water partition coefficient (Wildman–Crippen LogP) is 0.115. The first kappa shape index (κ1) is 12.4. The van der Waals surface area contributed by atoms with Crippen molar-refractivity contribution in [3.8, 4) is 0 Å². The molecule has 0 aromatic carbocycles. The molecular weight excluding hydrogens is 252 g/mol. The molecule has 0 saturated heterocycles. The molecule has 0 bridgehead atoms. The molecule has 2 aromatic heterocycles. The molecule has 0 atom stereocenters. The number of H-pyrrole nitrogens is 1. The van der Waals surface area contributed by atoms with E-state index in [0.717, 1.165) is 0 Å². The Bertz CT molecular complexity index is 695. The second-order valence-electron chi connectivity index (χ2n) is 3.43. The number of hydrogen-bond acceptors (Lipinski definition) is 5. The van der Waals surface area contributed by atoms with Gasteiger partial charge in [0.2, 0.25) is 0 Å². The van der Waals surface area contributed by atoms with Crippen molar-refractivity contribution in [2.24, 2.45) is 0 Å². The van der Waals surface area contributed by atoms with Gasteiger partial charge in [0.25, 0.3) is 11.5 Å². The fourth-order valence-corrected chi connectivity index (χ4v) is 1.36. The van der Waals surface area contributed by atoms with Gasteiger partial charge < -0.3 is 15.4 Å². The number of anilines is 1. The van der Waals surface area contributed by atoms with Gasteiger partial charge in [-0.05, 0) is 12.1 Å². The van der Waals surface area contributed by atoms with Crippen LogP contribution in [-0.2, 0) is 0 Å². The summed E-state index contributed by atoms with van der Waals surface area (Å²) in [7, 11) is 0. The van der Waals surface area contributed by atoms with E-state index in [9.17, 15) is 14.4 Å². The van der Waals surface area contributed by atoms with E-state index in [-0.39, 0.29) is 11.4 Å². The fourth-order valence-electron chi connectivity index (χ4n) is 1.36. The summed E-state index contributed by atoms with van der Waals surface area (Å²) in [5.74, 6) is -2.31. The van der Waals surface area contributed by atoms with Crippen molar-refractivity contribution < 1.29 is 14.7 Å². The second-order valence-corrected chi connectivity index (χ2v) is 3.43. The monoisotopic (exact) mass is 260 g/mol. The Morgan fingerprint density at radius 3 is 2.68 bits per heavy atom. The minimum atomic E-state index is -1.33. The average Bonchev–Trinajstić information content (AvgIpc) is 2.39. The average molecular weight is 260 g/mol. The van der Waals surface area contributed by atoms with Crippen molar-refractivity contribution in [2.75, 3.05) is 5.32 Å². The molecule has 0 aliphatic rings. The van der Waals surface area contributed by atoms with E-state index in [1.165, 1.54) is 30.7 Å². The zero-order valence-electron chi connectivity index (χ0n) is 9.45. The molecule has 0 aliphatic carbocycles. The van der Waals surface area contributed by atoms with Gasteiger partial charge in [0.15, 0.2) is 11.5 Å². The van der Waals surface area contributed by atoms with Crippen LogP contribution in [0, 0.1) is 0 Å². The molecule has 0 radical (unpaired) electrons. The van der Waals surface area contributed by atoms with E-state index in [0.29, 0.717) is 0 Å². The molecule has 0 fully saturated rings. The number of nitrogens with zero attached hydrogens (tertiary/aromatic N) is 2. The van der Waals surface area contributed by atoms with Crippen LogP contribution in [0.3, 0.4) is 0 Å². The molecule has 8 heteroatoms. The highest BCUT2D eigenvalue weighted by Gasteiger charge is 2.17. The Kier molecular flexibility index (Phi) is 3.33. The number of aromatic amines is 1. The molecule has 0 saturated carbocycles. The summed E-state index contributed by atoms with van der Waals surface area (Å²) in [4.78, 5) is 43.7. The SMILES string of the molecule is O=C(O)c1nccnc1NC(=O)c1ccc[nH]c1=O. The molecule has 2 heterocycles. The highest BCUT2D eigenvalue weighted by atomic mass is 16.4. The van der Waals surface area contributed by atoms with Crippen LogP contribution in [0.15, 0.2) is 35.5 Å². The van der Waals surface area contributed by atoms with Gasteiger partial charge in [-0.2, -0.15) is 0 Å². The number of aromatic nitrogens is 3. The Morgan fingerprint density at radius 1 is 1.26 bits per heavy atom. The number of pyridine rings is 1. The number of carboxylic acid groups (broad SMARTS) is 1. The number of nitrogens with one attached hydrogen (secondary N) is 2. The summed E-state index contributed by atoms with van der Waals surface area (Å²) in [5, 5.41) is 11.1. The van der Waals surface area contributed by atoms with Crippen molar-refractivity contribution in [3.63, 3.8) is 0 Å². The summed E-state index contributed by atoms with van der Waals surface area (Å²) in [6.45, 7) is 0. The van der Waals surface area contributed by atoms with Crippen molar-refractivity contribution in [1.29, 1.82) is 0 Å². The molecule has 2 rings (SSSR count). The minimum absolute atomic E-state index is 0.149. The quantitative estimate of drug-likeness (QED) is 0.719. The molecule has 0 aliphatic heterocycles. The predicted molar refractivity (Wildman–Crippen MR) is 64.0 cm³/mol. The number of amides is 1. The van der Waals surface area contributed by atoms with Crippen LogP contribution < -0.4 is 10.9 Å². The zero-order valence-corrected chi connectivity index (χ0v) is 9.45. The van der Waals surface area contributed by atoms with Crippen molar-refractivity contribution >= 4 is 17.7 Å². The van der Waals surface area contributed by atoms with Crippen molar-refractivity contribution in [1.82, 2.24) is 15.0 Å². The zero-order chi connectivity index (χ0) is 13.8. The maximum atomic E-state index is 11.8. The topological polar surface area (TPSA) is 125 Å². The number of hydrogen-bond donors (Lipinski definition) is 3. The number of aromatic carboxylic acids is 1. The Hall–Kier alpha value is -3.03. The smallest absolute Gasteiger partial charge is 0.358 e. The molecule has 2 aromatic rings. The van der Waals surface area contributed by atoms with E-state index < -0.39 is 23.1 Å². The van der Waals surface area contributed by atoms with Crippen LogP contribution in [0.5, 0.6) is 0 Å². The van der Waals surface area contributed by atoms with Gasteiger partial charge in [-0.25, -0.2) is 14.8 Å². The molecule has 3 N–H and O–H groups in total. The molecule has 0 unspecified atom stereocenters. The third-order valence-electron chi connectivity index (χ3n) is 2.20. The van der Waals surface area contributed by atoms with Gasteiger partial charge in [-0.3, -0.25) is 9.59 Å². The standard InChI is InChI=1S/C11H8N4O4/c16-9-6(2-1-3-14-9)10(17)15-8-7(11(18)19)12-4-5-13-8/h1-5H,(H,14,16)(H,18,19)(H,13,15,17). The van der Waals surface area contributed by atoms with Gasteiger partial charge >= 0.3 is 5.97 Å². The summed E-state index contributed by atoms with van der Waals surface area (Å²) in [6, 6.07) is 2.79. The third kappa shape index (κ3) is 2.63. The summed E-state index contributed by atoms with van der Waals surface area (Å²) < 4.78 is 0. The Labute approximate surface area is 106 Å². The highest BCUT2D eigenvalue weighted by molar-refractivity contribution is 6.06. The first-order chi connectivity index (χ1) is 9.09. The van der Waals surface area contributed by atoms with E-state index in [1.54, 1.807) is 0 Å². The Morgan fingerprint density at radius 2 is 2.00 bits per heavy atom. The van der Waals surface area contributed by atoms with Gasteiger partial charge in [0.1, 0.15) is 5.56 Å². The lowest BCUT2D eigenvalue weighted by atomic mass is 10.2. The fraction of sp³-hybridized carbons (Fsp3) is 0. The third-order valence-corrected chi connectivity index (χ3v) is 2.20. The summed E-state index contributed by atoms with van der Waals surface area (Å²) >= 11 is 0. The molecular formula is C11H8N4O4. The first-order valence-corrected chi connectivity index (χ1v) is 5.13. The van der Waals surface area contributed by atoms with Gasteiger partial charge in [-0.15, -0.1) is 0 Å². The van der Waals surface area contributed by atoms with Gasteiger partial charge in [-0.1, -0.05) is 0 Å². The van der Waals surface area contributed by atoms with Crippen LogP contribution in [0.25, 0.3) is 0 Å². The van der Waals surface area contributed by atoms with E-state index in [2.05, 4.69) is 20.3 Å². The van der Waals surface area contributed by atoms with Crippen LogP contribution in [-0.4, -0.2) is 31.9 Å². The number of rotatable bonds is 3. The molecule has 19 heavy (non-hydrogen) atoms. The number of carbonyl (C=O) groups excluding carboxylic acids is 1.